The van der Waals surface area contributed by atoms with Crippen LogP contribution in [0.1, 0.15) is 31.2 Å². The van der Waals surface area contributed by atoms with E-state index < -0.39 is 0 Å². The van der Waals surface area contributed by atoms with Crippen LogP contribution in [-0.2, 0) is 6.42 Å². The van der Waals surface area contributed by atoms with Gasteiger partial charge in [-0.05, 0) is 70.9 Å². The molecule has 0 atom stereocenters. The first-order valence-corrected chi connectivity index (χ1v) is 12.5. The van der Waals surface area contributed by atoms with E-state index in [0.29, 0.717) is 11.0 Å². The summed E-state index contributed by atoms with van der Waals surface area (Å²) >= 11 is 6.65. The number of anilines is 2. The number of halogens is 1. The highest BCUT2D eigenvalue weighted by atomic mass is 35.5. The fourth-order valence-electron chi connectivity index (χ4n) is 5.05. The zero-order valence-corrected chi connectivity index (χ0v) is 19.9. The molecule has 172 valence electrons. The lowest BCUT2D eigenvalue weighted by Crippen LogP contribution is -2.44. The SMILES string of the molecule is CN1CCN(c2ccc(-c3nc(Cl)c4c(n3)N(CCCN3CCCC3)CCC4)cn2)CC1. The summed E-state index contributed by atoms with van der Waals surface area (Å²) in [5.41, 5.74) is 2.03. The van der Waals surface area contributed by atoms with Gasteiger partial charge in [-0.15, -0.1) is 0 Å². The summed E-state index contributed by atoms with van der Waals surface area (Å²) in [6.45, 7) is 9.91. The van der Waals surface area contributed by atoms with Crippen molar-refractivity contribution < 1.29 is 0 Å². The van der Waals surface area contributed by atoms with E-state index in [4.69, 9.17) is 21.6 Å². The summed E-state index contributed by atoms with van der Waals surface area (Å²) in [5.74, 6) is 2.72. The average molecular weight is 456 g/mol. The molecule has 3 aliphatic rings. The quantitative estimate of drug-likeness (QED) is 0.620. The molecular weight excluding hydrogens is 422 g/mol. The number of fused-ring (bicyclic) bond motifs is 1. The van der Waals surface area contributed by atoms with E-state index in [1.165, 1.54) is 32.5 Å². The van der Waals surface area contributed by atoms with Gasteiger partial charge < -0.3 is 19.6 Å². The van der Waals surface area contributed by atoms with Crippen LogP contribution in [0.3, 0.4) is 0 Å². The molecule has 0 aliphatic carbocycles. The van der Waals surface area contributed by atoms with Gasteiger partial charge in [0.25, 0.3) is 0 Å². The van der Waals surface area contributed by atoms with E-state index >= 15 is 0 Å². The molecule has 0 unspecified atom stereocenters. The van der Waals surface area contributed by atoms with Crippen LogP contribution in [0.15, 0.2) is 18.3 Å². The van der Waals surface area contributed by atoms with E-state index in [0.717, 1.165) is 81.3 Å². The lowest BCUT2D eigenvalue weighted by Gasteiger charge is -2.33. The van der Waals surface area contributed by atoms with Crippen LogP contribution in [0, 0.1) is 0 Å². The zero-order valence-electron chi connectivity index (χ0n) is 19.1. The van der Waals surface area contributed by atoms with Crippen molar-refractivity contribution in [3.8, 4) is 11.4 Å². The highest BCUT2D eigenvalue weighted by Gasteiger charge is 2.24. The molecule has 2 aromatic rings. The second-order valence-corrected chi connectivity index (χ2v) is 9.69. The zero-order chi connectivity index (χ0) is 21.9. The highest BCUT2D eigenvalue weighted by Crippen LogP contribution is 2.32. The lowest BCUT2D eigenvalue weighted by atomic mass is 10.1. The number of piperazine rings is 1. The number of pyridine rings is 1. The maximum Gasteiger partial charge on any atom is 0.164 e. The molecule has 0 aromatic carbocycles. The molecule has 0 N–H and O–H groups in total. The van der Waals surface area contributed by atoms with Crippen molar-refractivity contribution in [2.75, 3.05) is 75.8 Å². The van der Waals surface area contributed by atoms with Crippen molar-refractivity contribution >= 4 is 23.2 Å². The summed E-state index contributed by atoms with van der Waals surface area (Å²) in [6, 6.07) is 4.17. The number of likely N-dealkylation sites (tertiary alicyclic amines) is 1. The van der Waals surface area contributed by atoms with Gasteiger partial charge in [-0.25, -0.2) is 15.0 Å². The van der Waals surface area contributed by atoms with Crippen LogP contribution in [0.25, 0.3) is 11.4 Å². The smallest absolute Gasteiger partial charge is 0.164 e. The summed E-state index contributed by atoms with van der Waals surface area (Å²) in [4.78, 5) is 24.0. The Labute approximate surface area is 196 Å². The maximum atomic E-state index is 6.65. The molecule has 7 nitrogen and oxygen atoms in total. The predicted molar refractivity (Wildman–Crippen MR) is 131 cm³/mol. The summed E-state index contributed by atoms with van der Waals surface area (Å²) in [6.07, 6.45) is 7.82. The summed E-state index contributed by atoms with van der Waals surface area (Å²) < 4.78 is 0. The number of rotatable bonds is 6. The molecule has 8 heteroatoms. The third kappa shape index (κ3) is 4.85. The topological polar surface area (TPSA) is 51.6 Å². The fourth-order valence-corrected chi connectivity index (χ4v) is 5.31. The maximum absolute atomic E-state index is 6.65. The Kier molecular flexibility index (Phi) is 6.76. The summed E-state index contributed by atoms with van der Waals surface area (Å²) in [5, 5.41) is 0.595. The van der Waals surface area contributed by atoms with Gasteiger partial charge in [-0.3, -0.25) is 0 Å². The summed E-state index contributed by atoms with van der Waals surface area (Å²) in [7, 11) is 2.17. The molecular formula is C24H34ClN7. The average Bonchev–Trinajstić information content (AvgIpc) is 3.34. The first-order chi connectivity index (χ1) is 15.7. The van der Waals surface area contributed by atoms with E-state index in [1.54, 1.807) is 0 Å². The number of likely N-dealkylation sites (N-methyl/N-ethyl adjacent to an activating group) is 1. The number of hydrogen-bond acceptors (Lipinski definition) is 7. The largest absolute Gasteiger partial charge is 0.356 e. The highest BCUT2D eigenvalue weighted by molar-refractivity contribution is 6.30. The molecule has 5 rings (SSSR count). The molecule has 0 spiro atoms. The third-order valence-electron chi connectivity index (χ3n) is 7.02. The standard InChI is InChI=1S/C24H34ClN7/c1-29-14-16-31(17-15-29)21-8-7-19(18-26-21)23-27-22(25)20-6-4-12-32(24(20)28-23)13-5-11-30-9-2-3-10-30/h7-8,18H,2-6,9-17H2,1H3. The van der Waals surface area contributed by atoms with Crippen LogP contribution in [0.4, 0.5) is 11.6 Å². The number of hydrogen-bond donors (Lipinski definition) is 0. The Morgan fingerprint density at radius 1 is 0.906 bits per heavy atom. The van der Waals surface area contributed by atoms with Crippen LogP contribution in [0.5, 0.6) is 0 Å². The van der Waals surface area contributed by atoms with Crippen molar-refractivity contribution in [3.05, 3.63) is 29.0 Å². The molecule has 2 fully saturated rings. The van der Waals surface area contributed by atoms with Gasteiger partial charge in [0.1, 0.15) is 16.8 Å². The van der Waals surface area contributed by atoms with E-state index in [2.05, 4.69) is 43.8 Å². The molecule has 32 heavy (non-hydrogen) atoms. The molecule has 0 radical (unpaired) electrons. The number of aromatic nitrogens is 3. The minimum atomic E-state index is 0.595. The molecule has 0 amide bonds. The molecule has 3 aliphatic heterocycles. The van der Waals surface area contributed by atoms with Crippen molar-refractivity contribution in [1.29, 1.82) is 0 Å². The monoisotopic (exact) mass is 455 g/mol. The first kappa shape index (κ1) is 21.9. The Hall–Kier alpha value is -1.96. The normalized spacial score (nSPS) is 20.1. The third-order valence-corrected chi connectivity index (χ3v) is 7.34. The second-order valence-electron chi connectivity index (χ2n) is 9.33. The minimum Gasteiger partial charge on any atom is -0.356 e. The van der Waals surface area contributed by atoms with Gasteiger partial charge in [-0.1, -0.05) is 11.6 Å². The van der Waals surface area contributed by atoms with Crippen molar-refractivity contribution in [2.24, 2.45) is 0 Å². The molecule has 2 aromatic heterocycles. The Balaban J connectivity index is 1.31. The van der Waals surface area contributed by atoms with E-state index in [1.807, 2.05) is 6.20 Å². The van der Waals surface area contributed by atoms with E-state index in [-0.39, 0.29) is 0 Å². The van der Waals surface area contributed by atoms with Crippen LogP contribution in [-0.4, -0.2) is 90.7 Å². The van der Waals surface area contributed by atoms with Crippen molar-refractivity contribution in [3.63, 3.8) is 0 Å². The minimum absolute atomic E-state index is 0.595. The van der Waals surface area contributed by atoms with E-state index in [9.17, 15) is 0 Å². The van der Waals surface area contributed by atoms with Gasteiger partial charge in [0, 0.05) is 56.6 Å². The van der Waals surface area contributed by atoms with Gasteiger partial charge in [0.15, 0.2) is 5.82 Å². The fraction of sp³-hybridized carbons (Fsp3) is 0.625. The van der Waals surface area contributed by atoms with Crippen molar-refractivity contribution in [1.82, 2.24) is 24.8 Å². The molecule has 2 saturated heterocycles. The number of nitrogens with zero attached hydrogens (tertiary/aromatic N) is 7. The molecule has 0 bridgehead atoms. The predicted octanol–water partition coefficient (Wildman–Crippen LogP) is 3.18. The van der Waals surface area contributed by atoms with Gasteiger partial charge in [0.2, 0.25) is 0 Å². The Bertz CT molecular complexity index is 905. The molecule has 5 heterocycles. The van der Waals surface area contributed by atoms with Crippen LogP contribution < -0.4 is 9.80 Å². The first-order valence-electron chi connectivity index (χ1n) is 12.1. The van der Waals surface area contributed by atoms with Gasteiger partial charge in [-0.2, -0.15) is 0 Å². The van der Waals surface area contributed by atoms with Crippen LogP contribution >= 0.6 is 11.6 Å². The molecule has 0 saturated carbocycles. The lowest BCUT2D eigenvalue weighted by molar-refractivity contribution is 0.312. The Morgan fingerprint density at radius 3 is 2.47 bits per heavy atom. The van der Waals surface area contributed by atoms with Crippen molar-refractivity contribution in [2.45, 2.75) is 32.1 Å². The Morgan fingerprint density at radius 2 is 1.72 bits per heavy atom. The van der Waals surface area contributed by atoms with Gasteiger partial charge >= 0.3 is 0 Å². The van der Waals surface area contributed by atoms with Gasteiger partial charge in [0.05, 0.1) is 0 Å². The van der Waals surface area contributed by atoms with Crippen LogP contribution in [0.2, 0.25) is 5.15 Å². The second kappa shape index (κ2) is 9.89.